The Hall–Kier alpha value is -0.840. The number of hydrogen-bond acceptors (Lipinski definition) is 3. The summed E-state index contributed by atoms with van der Waals surface area (Å²) in [5, 5.41) is 3.38. The summed E-state index contributed by atoms with van der Waals surface area (Å²) in [6.45, 7) is 2.11. The van der Waals surface area contributed by atoms with Gasteiger partial charge in [0.05, 0.1) is 10.9 Å². The van der Waals surface area contributed by atoms with Crippen LogP contribution in [0.2, 0.25) is 0 Å². The van der Waals surface area contributed by atoms with Gasteiger partial charge in [-0.15, -0.1) is 11.3 Å². The van der Waals surface area contributed by atoms with Crippen LogP contribution >= 0.6 is 27.3 Å². The molecule has 102 valence electrons. The average molecular weight is 340 g/mol. The number of ether oxygens (including phenoxy) is 1. The summed E-state index contributed by atoms with van der Waals surface area (Å²) in [5.74, 6) is 0.960. The van der Waals surface area contributed by atoms with Crippen molar-refractivity contribution in [1.82, 2.24) is 5.32 Å². The first-order valence-electron chi connectivity index (χ1n) is 6.20. The molecule has 1 unspecified atom stereocenters. The largest absolute Gasteiger partial charge is 0.496 e. The molecule has 0 amide bonds. The van der Waals surface area contributed by atoms with Gasteiger partial charge in [0.2, 0.25) is 0 Å². The van der Waals surface area contributed by atoms with Crippen LogP contribution in [0.1, 0.15) is 22.0 Å². The van der Waals surface area contributed by atoms with Gasteiger partial charge in [-0.1, -0.05) is 17.7 Å². The monoisotopic (exact) mass is 339 g/mol. The number of rotatable bonds is 5. The molecule has 0 saturated heterocycles. The molecule has 1 N–H and O–H groups in total. The maximum absolute atomic E-state index is 5.45. The topological polar surface area (TPSA) is 21.3 Å². The zero-order valence-corrected chi connectivity index (χ0v) is 13.8. The lowest BCUT2D eigenvalue weighted by molar-refractivity contribution is 0.406. The van der Waals surface area contributed by atoms with Crippen molar-refractivity contribution in [3.63, 3.8) is 0 Å². The Balaban J connectivity index is 2.25. The molecule has 1 aromatic heterocycles. The van der Waals surface area contributed by atoms with E-state index in [1.165, 1.54) is 19.8 Å². The molecule has 4 heteroatoms. The molecule has 0 aliphatic heterocycles. The number of methoxy groups -OCH3 is 1. The van der Waals surface area contributed by atoms with Crippen LogP contribution in [0.25, 0.3) is 0 Å². The molecule has 1 atom stereocenters. The van der Waals surface area contributed by atoms with E-state index in [1.54, 1.807) is 18.4 Å². The molecule has 0 bridgehead atoms. The van der Waals surface area contributed by atoms with Gasteiger partial charge in [0.1, 0.15) is 5.75 Å². The Bertz CT molecular complexity index is 553. The molecular formula is C15H18BrNOS. The summed E-state index contributed by atoms with van der Waals surface area (Å²) in [5.41, 5.74) is 2.50. The van der Waals surface area contributed by atoms with Gasteiger partial charge in [0.15, 0.2) is 0 Å². The van der Waals surface area contributed by atoms with Crippen LogP contribution in [0.3, 0.4) is 0 Å². The summed E-state index contributed by atoms with van der Waals surface area (Å²) in [6, 6.07) is 10.9. The molecule has 19 heavy (non-hydrogen) atoms. The lowest BCUT2D eigenvalue weighted by Gasteiger charge is -2.17. The first-order valence-corrected chi connectivity index (χ1v) is 7.81. The van der Waals surface area contributed by atoms with E-state index >= 15 is 0 Å². The van der Waals surface area contributed by atoms with Crippen LogP contribution in [0.4, 0.5) is 0 Å². The van der Waals surface area contributed by atoms with E-state index in [2.05, 4.69) is 52.4 Å². The molecular weight excluding hydrogens is 322 g/mol. The fourth-order valence-electron chi connectivity index (χ4n) is 2.15. The highest BCUT2D eigenvalue weighted by Crippen LogP contribution is 2.31. The normalized spacial score (nSPS) is 12.4. The summed E-state index contributed by atoms with van der Waals surface area (Å²) in [7, 11) is 3.73. The SMILES string of the molecule is CNC(Cc1cc(C)ccc1OC)c1ccc(Br)s1. The van der Waals surface area contributed by atoms with E-state index in [0.717, 1.165) is 12.2 Å². The fraction of sp³-hybridized carbons (Fsp3) is 0.333. The first-order chi connectivity index (χ1) is 9.13. The van der Waals surface area contributed by atoms with Crippen LogP contribution in [0.5, 0.6) is 5.75 Å². The van der Waals surface area contributed by atoms with Crippen molar-refractivity contribution in [1.29, 1.82) is 0 Å². The minimum Gasteiger partial charge on any atom is -0.496 e. The number of likely N-dealkylation sites (N-methyl/N-ethyl adjacent to an activating group) is 1. The van der Waals surface area contributed by atoms with Crippen LogP contribution < -0.4 is 10.1 Å². The number of hydrogen-bond donors (Lipinski definition) is 1. The van der Waals surface area contributed by atoms with Gasteiger partial charge < -0.3 is 10.1 Å². The van der Waals surface area contributed by atoms with Gasteiger partial charge in [-0.05, 0) is 60.1 Å². The van der Waals surface area contributed by atoms with Gasteiger partial charge >= 0.3 is 0 Å². The average Bonchev–Trinajstić information content (AvgIpc) is 2.82. The zero-order chi connectivity index (χ0) is 13.8. The van der Waals surface area contributed by atoms with E-state index in [-0.39, 0.29) is 0 Å². The van der Waals surface area contributed by atoms with Crippen LogP contribution in [-0.4, -0.2) is 14.2 Å². The summed E-state index contributed by atoms with van der Waals surface area (Å²) >= 11 is 5.29. The van der Waals surface area contributed by atoms with Crippen molar-refractivity contribution in [2.45, 2.75) is 19.4 Å². The van der Waals surface area contributed by atoms with E-state index in [1.807, 2.05) is 13.1 Å². The summed E-state index contributed by atoms with van der Waals surface area (Å²) < 4.78 is 6.62. The molecule has 0 aliphatic rings. The second-order valence-corrected chi connectivity index (χ2v) is 7.00. The Morgan fingerprint density at radius 1 is 1.32 bits per heavy atom. The Kier molecular flexibility index (Phi) is 5.02. The van der Waals surface area contributed by atoms with E-state index in [9.17, 15) is 0 Å². The molecule has 1 heterocycles. The maximum Gasteiger partial charge on any atom is 0.122 e. The Labute approximate surface area is 126 Å². The summed E-state index contributed by atoms with van der Waals surface area (Å²) in [4.78, 5) is 1.33. The third-order valence-electron chi connectivity index (χ3n) is 3.15. The number of benzene rings is 1. The highest BCUT2D eigenvalue weighted by Gasteiger charge is 2.15. The van der Waals surface area contributed by atoms with Gasteiger partial charge in [-0.3, -0.25) is 0 Å². The van der Waals surface area contributed by atoms with Gasteiger partial charge in [0.25, 0.3) is 0 Å². The van der Waals surface area contributed by atoms with E-state index < -0.39 is 0 Å². The minimum absolute atomic E-state index is 0.312. The smallest absolute Gasteiger partial charge is 0.122 e. The highest BCUT2D eigenvalue weighted by atomic mass is 79.9. The van der Waals surface area contributed by atoms with E-state index in [4.69, 9.17) is 4.74 Å². The molecule has 0 saturated carbocycles. The molecule has 2 aromatic rings. The predicted molar refractivity (Wildman–Crippen MR) is 85.3 cm³/mol. The molecule has 1 aromatic carbocycles. The third kappa shape index (κ3) is 3.59. The molecule has 0 aliphatic carbocycles. The standard InChI is InChI=1S/C15H18BrNOS/c1-10-4-5-13(18-3)11(8-10)9-12(17-2)14-6-7-15(16)19-14/h4-8,12,17H,9H2,1-3H3. The van der Waals surface area contributed by atoms with Crippen LogP contribution in [0.15, 0.2) is 34.1 Å². The van der Waals surface area contributed by atoms with Crippen molar-refractivity contribution in [3.8, 4) is 5.75 Å². The second-order valence-electron chi connectivity index (χ2n) is 4.50. The van der Waals surface area contributed by atoms with Crippen molar-refractivity contribution in [3.05, 3.63) is 50.1 Å². The summed E-state index contributed by atoms with van der Waals surface area (Å²) in [6.07, 6.45) is 0.925. The van der Waals surface area contributed by atoms with Gasteiger partial charge in [0, 0.05) is 10.9 Å². The molecule has 0 spiro atoms. The quantitative estimate of drug-likeness (QED) is 0.875. The maximum atomic E-state index is 5.45. The van der Waals surface area contributed by atoms with Gasteiger partial charge in [-0.2, -0.15) is 0 Å². The first kappa shape index (κ1) is 14.6. The van der Waals surface area contributed by atoms with Crippen molar-refractivity contribution in [2.75, 3.05) is 14.2 Å². The minimum atomic E-state index is 0.312. The van der Waals surface area contributed by atoms with E-state index in [0.29, 0.717) is 6.04 Å². The highest BCUT2D eigenvalue weighted by molar-refractivity contribution is 9.11. The molecule has 2 nitrogen and oxygen atoms in total. The van der Waals surface area contributed by atoms with Crippen LogP contribution in [-0.2, 0) is 6.42 Å². The number of aryl methyl sites for hydroxylation is 1. The predicted octanol–water partition coefficient (Wildman–Crippen LogP) is 4.33. The van der Waals surface area contributed by atoms with Crippen molar-refractivity contribution < 1.29 is 4.74 Å². The lowest BCUT2D eigenvalue weighted by Crippen LogP contribution is -2.18. The fourth-order valence-corrected chi connectivity index (χ4v) is 3.68. The van der Waals surface area contributed by atoms with Crippen LogP contribution in [0, 0.1) is 6.92 Å². The second kappa shape index (κ2) is 6.55. The lowest BCUT2D eigenvalue weighted by atomic mass is 10.0. The third-order valence-corrected chi connectivity index (χ3v) is 4.88. The Morgan fingerprint density at radius 3 is 2.68 bits per heavy atom. The molecule has 2 rings (SSSR count). The number of nitrogens with one attached hydrogen (secondary N) is 1. The molecule has 0 fully saturated rings. The Morgan fingerprint density at radius 2 is 2.11 bits per heavy atom. The van der Waals surface area contributed by atoms with Crippen molar-refractivity contribution in [2.24, 2.45) is 0 Å². The van der Waals surface area contributed by atoms with Gasteiger partial charge in [-0.25, -0.2) is 0 Å². The van der Waals surface area contributed by atoms with Crippen molar-refractivity contribution >= 4 is 27.3 Å². The number of thiophene rings is 1. The number of halogens is 1. The zero-order valence-electron chi connectivity index (χ0n) is 11.4. The molecule has 0 radical (unpaired) electrons.